The van der Waals surface area contributed by atoms with Crippen LogP contribution in [-0.2, 0) is 4.79 Å². The second-order valence-electron chi connectivity index (χ2n) is 6.90. The van der Waals surface area contributed by atoms with Gasteiger partial charge in [0.15, 0.2) is 6.54 Å². The molecule has 0 aliphatic carbocycles. The van der Waals surface area contributed by atoms with Crippen molar-refractivity contribution < 1.29 is 14.5 Å². The molecular formula is C21H26N3O2+. The lowest BCUT2D eigenvalue weighted by atomic mass is 10.0. The molecule has 1 heterocycles. The van der Waals surface area contributed by atoms with E-state index in [1.807, 2.05) is 36.4 Å². The first kappa shape index (κ1) is 18.1. The maximum atomic E-state index is 12.6. The summed E-state index contributed by atoms with van der Waals surface area (Å²) in [6, 6.07) is 16.9. The van der Waals surface area contributed by atoms with Crippen molar-refractivity contribution in [1.82, 2.24) is 0 Å². The number of para-hydroxylation sites is 2. The quantitative estimate of drug-likeness (QED) is 0.773. The molecule has 2 amide bonds. The van der Waals surface area contributed by atoms with Gasteiger partial charge < -0.3 is 15.5 Å². The van der Waals surface area contributed by atoms with E-state index >= 15 is 0 Å². The molecule has 1 fully saturated rings. The Balaban J connectivity index is 1.66. The summed E-state index contributed by atoms with van der Waals surface area (Å²) in [5, 5.41) is 5.79. The highest BCUT2D eigenvalue weighted by Gasteiger charge is 2.24. The van der Waals surface area contributed by atoms with E-state index in [-0.39, 0.29) is 11.8 Å². The predicted octanol–water partition coefficient (Wildman–Crippen LogP) is 2.33. The highest BCUT2D eigenvalue weighted by molar-refractivity contribution is 6.10. The molecule has 1 aliphatic heterocycles. The normalized spacial score (nSPS) is 19.6. The lowest BCUT2D eigenvalue weighted by molar-refractivity contribution is -0.920. The zero-order valence-corrected chi connectivity index (χ0v) is 15.1. The SMILES string of the molecule is C[C@@H]1CCCC[NH+]1CC(=O)Nc1ccccc1C(=O)Nc1ccccc1. The number of nitrogens with one attached hydrogen (secondary N) is 3. The molecule has 2 atom stereocenters. The minimum absolute atomic E-state index is 0.0475. The molecule has 1 aliphatic rings. The maximum Gasteiger partial charge on any atom is 0.279 e. The molecule has 0 aromatic heterocycles. The molecular weight excluding hydrogens is 326 g/mol. The minimum Gasteiger partial charge on any atom is -0.325 e. The fourth-order valence-corrected chi connectivity index (χ4v) is 3.43. The highest BCUT2D eigenvalue weighted by Crippen LogP contribution is 2.17. The topological polar surface area (TPSA) is 62.6 Å². The van der Waals surface area contributed by atoms with E-state index in [0.717, 1.165) is 12.2 Å². The van der Waals surface area contributed by atoms with E-state index < -0.39 is 0 Å². The standard InChI is InChI=1S/C21H25N3O2/c1-16-9-7-8-14-24(16)15-20(25)23-19-13-6-5-12-18(19)21(26)22-17-10-3-2-4-11-17/h2-6,10-13,16H,7-9,14-15H2,1H3,(H,22,26)(H,23,25)/p+1/t16-/m1/s1. The van der Waals surface area contributed by atoms with Gasteiger partial charge in [0.05, 0.1) is 23.8 Å². The number of rotatable bonds is 5. The Kier molecular flexibility index (Phi) is 6.02. The number of piperidine rings is 1. The molecule has 3 N–H and O–H groups in total. The van der Waals surface area contributed by atoms with Crippen molar-refractivity contribution >= 4 is 23.2 Å². The van der Waals surface area contributed by atoms with Crippen LogP contribution < -0.4 is 15.5 Å². The molecule has 136 valence electrons. The lowest BCUT2D eigenvalue weighted by Gasteiger charge is -2.29. The van der Waals surface area contributed by atoms with Gasteiger partial charge in [0.2, 0.25) is 0 Å². The Hall–Kier alpha value is -2.66. The minimum atomic E-state index is -0.231. The van der Waals surface area contributed by atoms with Gasteiger partial charge in [-0.1, -0.05) is 30.3 Å². The van der Waals surface area contributed by atoms with Gasteiger partial charge in [-0.25, -0.2) is 0 Å². The van der Waals surface area contributed by atoms with Crippen molar-refractivity contribution in [1.29, 1.82) is 0 Å². The first-order valence-electron chi connectivity index (χ1n) is 9.23. The van der Waals surface area contributed by atoms with Crippen LogP contribution in [-0.4, -0.2) is 30.9 Å². The zero-order chi connectivity index (χ0) is 18.4. The summed E-state index contributed by atoms with van der Waals surface area (Å²) in [7, 11) is 0. The number of carbonyl (C=O) groups excluding carboxylic acids is 2. The van der Waals surface area contributed by atoms with Gasteiger partial charge >= 0.3 is 0 Å². The number of amides is 2. The molecule has 5 heteroatoms. The van der Waals surface area contributed by atoms with Crippen LogP contribution in [0.5, 0.6) is 0 Å². The summed E-state index contributed by atoms with van der Waals surface area (Å²) in [5.74, 6) is -0.278. The van der Waals surface area contributed by atoms with Gasteiger partial charge in [-0.2, -0.15) is 0 Å². The van der Waals surface area contributed by atoms with Gasteiger partial charge in [0, 0.05) is 5.69 Å². The van der Waals surface area contributed by atoms with Crippen LogP contribution in [0.15, 0.2) is 54.6 Å². The van der Waals surface area contributed by atoms with E-state index in [2.05, 4.69) is 17.6 Å². The molecule has 1 saturated heterocycles. The maximum absolute atomic E-state index is 12.6. The highest BCUT2D eigenvalue weighted by atomic mass is 16.2. The van der Waals surface area contributed by atoms with Gasteiger partial charge in [-0.05, 0) is 50.5 Å². The third kappa shape index (κ3) is 4.70. The molecule has 0 radical (unpaired) electrons. The Morgan fingerprint density at radius 3 is 2.50 bits per heavy atom. The summed E-state index contributed by atoms with van der Waals surface area (Å²) in [6.07, 6.45) is 3.58. The molecule has 2 aromatic carbocycles. The number of anilines is 2. The number of hydrogen-bond acceptors (Lipinski definition) is 2. The lowest BCUT2D eigenvalue weighted by Crippen LogP contribution is -3.17. The summed E-state index contributed by atoms with van der Waals surface area (Å²) >= 11 is 0. The van der Waals surface area contributed by atoms with Gasteiger partial charge in [0.25, 0.3) is 11.8 Å². The molecule has 5 nitrogen and oxygen atoms in total. The van der Waals surface area contributed by atoms with Crippen molar-refractivity contribution in [3.8, 4) is 0 Å². The number of carbonyl (C=O) groups is 2. The number of likely N-dealkylation sites (tertiary alicyclic amines) is 1. The Labute approximate surface area is 154 Å². The molecule has 3 rings (SSSR count). The molecule has 2 aromatic rings. The van der Waals surface area contributed by atoms with Crippen molar-refractivity contribution in [3.05, 3.63) is 60.2 Å². The van der Waals surface area contributed by atoms with Crippen molar-refractivity contribution in [2.45, 2.75) is 32.2 Å². The Bertz CT molecular complexity index is 761. The number of hydrogen-bond donors (Lipinski definition) is 3. The van der Waals surface area contributed by atoms with E-state index in [9.17, 15) is 9.59 Å². The summed E-state index contributed by atoms with van der Waals surface area (Å²) in [6.45, 7) is 3.67. The van der Waals surface area contributed by atoms with E-state index in [1.165, 1.54) is 24.2 Å². The van der Waals surface area contributed by atoms with E-state index in [4.69, 9.17) is 0 Å². The second-order valence-corrected chi connectivity index (χ2v) is 6.90. The van der Waals surface area contributed by atoms with Crippen LogP contribution in [0, 0.1) is 0 Å². The number of benzene rings is 2. The van der Waals surface area contributed by atoms with Crippen molar-refractivity contribution in [3.63, 3.8) is 0 Å². The van der Waals surface area contributed by atoms with Crippen LogP contribution in [0.4, 0.5) is 11.4 Å². The van der Waals surface area contributed by atoms with Crippen LogP contribution in [0.25, 0.3) is 0 Å². The molecule has 1 unspecified atom stereocenters. The monoisotopic (exact) mass is 352 g/mol. The summed E-state index contributed by atoms with van der Waals surface area (Å²) in [5.41, 5.74) is 1.74. The Morgan fingerprint density at radius 2 is 1.73 bits per heavy atom. The van der Waals surface area contributed by atoms with Crippen LogP contribution >= 0.6 is 0 Å². The average molecular weight is 352 g/mol. The third-order valence-corrected chi connectivity index (χ3v) is 4.95. The molecule has 0 saturated carbocycles. The summed E-state index contributed by atoms with van der Waals surface area (Å²) < 4.78 is 0. The van der Waals surface area contributed by atoms with Gasteiger partial charge in [-0.3, -0.25) is 9.59 Å². The fraction of sp³-hybridized carbons (Fsp3) is 0.333. The van der Waals surface area contributed by atoms with E-state index in [0.29, 0.717) is 23.8 Å². The van der Waals surface area contributed by atoms with Crippen molar-refractivity contribution in [2.75, 3.05) is 23.7 Å². The van der Waals surface area contributed by atoms with E-state index in [1.54, 1.807) is 18.2 Å². The largest absolute Gasteiger partial charge is 0.325 e. The van der Waals surface area contributed by atoms with Crippen LogP contribution in [0.2, 0.25) is 0 Å². The van der Waals surface area contributed by atoms with Crippen molar-refractivity contribution in [2.24, 2.45) is 0 Å². The smallest absolute Gasteiger partial charge is 0.279 e. The first-order chi connectivity index (χ1) is 12.6. The molecule has 0 spiro atoms. The summed E-state index contributed by atoms with van der Waals surface area (Å²) in [4.78, 5) is 26.4. The zero-order valence-electron chi connectivity index (χ0n) is 15.1. The molecule has 0 bridgehead atoms. The van der Waals surface area contributed by atoms with Gasteiger partial charge in [-0.15, -0.1) is 0 Å². The first-order valence-corrected chi connectivity index (χ1v) is 9.23. The van der Waals surface area contributed by atoms with Crippen LogP contribution in [0.3, 0.4) is 0 Å². The van der Waals surface area contributed by atoms with Gasteiger partial charge in [0.1, 0.15) is 0 Å². The van der Waals surface area contributed by atoms with Crippen LogP contribution in [0.1, 0.15) is 36.5 Å². The Morgan fingerprint density at radius 1 is 1.00 bits per heavy atom. The number of quaternary nitrogens is 1. The predicted molar refractivity (Wildman–Crippen MR) is 103 cm³/mol. The molecule has 26 heavy (non-hydrogen) atoms. The third-order valence-electron chi connectivity index (χ3n) is 4.95. The fourth-order valence-electron chi connectivity index (χ4n) is 3.43. The average Bonchev–Trinajstić information content (AvgIpc) is 2.65. The second kappa shape index (κ2) is 8.63.